The second kappa shape index (κ2) is 8.02. The van der Waals surface area contributed by atoms with Gasteiger partial charge in [-0.05, 0) is 62.9 Å². The van der Waals surface area contributed by atoms with E-state index >= 15 is 0 Å². The number of aromatic amines is 1. The minimum Gasteiger partial charge on any atom is -0.487 e. The number of ether oxygens (including phenoxy) is 2. The minimum absolute atomic E-state index is 0.0162. The van der Waals surface area contributed by atoms with Gasteiger partial charge in [-0.2, -0.15) is 0 Å². The maximum absolute atomic E-state index is 13.9. The van der Waals surface area contributed by atoms with Gasteiger partial charge >= 0.3 is 0 Å². The van der Waals surface area contributed by atoms with Gasteiger partial charge in [0.15, 0.2) is 17.3 Å². The number of carbonyl (C=O) groups is 1. The van der Waals surface area contributed by atoms with Crippen molar-refractivity contribution in [2.24, 2.45) is 0 Å². The topological polar surface area (TPSA) is 80.6 Å². The summed E-state index contributed by atoms with van der Waals surface area (Å²) in [5.41, 5.74) is 10.5. The Balaban J connectivity index is 1.41. The average molecular weight is 474 g/mol. The molecule has 2 aliphatic carbocycles. The molecular formula is C29H35N3O3. The molecule has 1 atom stereocenters. The second-order valence-electron chi connectivity index (χ2n) is 11.3. The molecule has 184 valence electrons. The van der Waals surface area contributed by atoms with E-state index in [1.54, 1.807) is 0 Å². The molecular weight excluding hydrogens is 438 g/mol. The maximum atomic E-state index is 13.9. The molecule has 0 amide bonds. The van der Waals surface area contributed by atoms with Gasteiger partial charge in [0.25, 0.3) is 0 Å². The van der Waals surface area contributed by atoms with Gasteiger partial charge < -0.3 is 20.2 Å². The monoisotopic (exact) mass is 473 g/mol. The van der Waals surface area contributed by atoms with Crippen LogP contribution in [0.4, 0.5) is 5.69 Å². The average Bonchev–Trinajstić information content (AvgIpc) is 3.36. The van der Waals surface area contributed by atoms with Gasteiger partial charge in [-0.15, -0.1) is 0 Å². The number of nitrogens with zero attached hydrogens (tertiary/aromatic N) is 1. The summed E-state index contributed by atoms with van der Waals surface area (Å²) in [5.74, 6) is 1.41. The number of nitrogens with two attached hydrogens (primary N) is 1. The third-order valence-electron chi connectivity index (χ3n) is 8.10. The summed E-state index contributed by atoms with van der Waals surface area (Å²) < 4.78 is 12.8. The number of ketones is 1. The fraction of sp³-hybridized carbons (Fsp3) is 0.483. The fourth-order valence-corrected chi connectivity index (χ4v) is 6.01. The molecule has 35 heavy (non-hydrogen) atoms. The van der Waals surface area contributed by atoms with Crippen LogP contribution in [0.15, 0.2) is 30.3 Å². The van der Waals surface area contributed by atoms with Crippen LogP contribution in [0, 0.1) is 0 Å². The number of hydrogen-bond acceptors (Lipinski definition) is 5. The Bertz CT molecular complexity index is 1320. The van der Waals surface area contributed by atoms with Crippen molar-refractivity contribution in [1.82, 2.24) is 9.88 Å². The van der Waals surface area contributed by atoms with Crippen molar-refractivity contribution in [2.45, 2.75) is 77.0 Å². The van der Waals surface area contributed by atoms with Crippen LogP contribution in [0.3, 0.4) is 0 Å². The van der Waals surface area contributed by atoms with Gasteiger partial charge in [0.05, 0.1) is 11.7 Å². The molecule has 2 fully saturated rings. The molecule has 1 saturated carbocycles. The molecule has 0 spiro atoms. The third-order valence-corrected chi connectivity index (χ3v) is 8.10. The summed E-state index contributed by atoms with van der Waals surface area (Å²) >= 11 is 0. The highest BCUT2D eigenvalue weighted by molar-refractivity contribution is 6.20. The van der Waals surface area contributed by atoms with Crippen molar-refractivity contribution in [2.75, 3.05) is 18.8 Å². The van der Waals surface area contributed by atoms with Crippen molar-refractivity contribution in [1.29, 1.82) is 0 Å². The van der Waals surface area contributed by atoms with Crippen molar-refractivity contribution in [3.8, 4) is 11.5 Å². The normalized spacial score (nSPS) is 21.7. The van der Waals surface area contributed by atoms with Crippen LogP contribution in [-0.4, -0.2) is 47.0 Å². The van der Waals surface area contributed by atoms with E-state index in [9.17, 15) is 4.79 Å². The summed E-state index contributed by atoms with van der Waals surface area (Å²) in [6, 6.07) is 10.4. The molecule has 6 heteroatoms. The van der Waals surface area contributed by atoms with Gasteiger partial charge in [-0.3, -0.25) is 9.69 Å². The summed E-state index contributed by atoms with van der Waals surface area (Å²) in [5, 5.41) is 0.909. The molecule has 0 radical (unpaired) electrons. The number of likely N-dealkylation sites (tertiary alicyclic amines) is 1. The van der Waals surface area contributed by atoms with E-state index in [2.05, 4.69) is 29.8 Å². The number of anilines is 1. The molecule has 0 unspecified atom stereocenters. The lowest BCUT2D eigenvalue weighted by molar-refractivity contribution is 0.103. The highest BCUT2D eigenvalue weighted by Crippen LogP contribution is 2.47. The van der Waals surface area contributed by atoms with E-state index in [0.717, 1.165) is 59.0 Å². The van der Waals surface area contributed by atoms with Gasteiger partial charge in [0, 0.05) is 52.4 Å². The highest BCUT2D eigenvalue weighted by atomic mass is 16.5. The number of fused-ring (bicyclic) bond motifs is 4. The van der Waals surface area contributed by atoms with Crippen LogP contribution < -0.4 is 15.2 Å². The molecule has 1 aliphatic heterocycles. The van der Waals surface area contributed by atoms with Crippen LogP contribution in [0.5, 0.6) is 11.5 Å². The zero-order chi connectivity index (χ0) is 24.5. The Hall–Kier alpha value is -2.99. The van der Waals surface area contributed by atoms with E-state index in [1.165, 1.54) is 19.3 Å². The Morgan fingerprint density at radius 3 is 2.63 bits per heavy atom. The molecule has 0 bridgehead atoms. The van der Waals surface area contributed by atoms with Gasteiger partial charge in [-0.1, -0.05) is 26.3 Å². The first-order valence-electron chi connectivity index (χ1n) is 12.9. The van der Waals surface area contributed by atoms with E-state index < -0.39 is 5.41 Å². The van der Waals surface area contributed by atoms with Gasteiger partial charge in [-0.25, -0.2) is 0 Å². The Kier molecular flexibility index (Phi) is 5.15. The number of benzene rings is 2. The van der Waals surface area contributed by atoms with E-state index in [4.69, 9.17) is 15.2 Å². The van der Waals surface area contributed by atoms with Gasteiger partial charge in [0.2, 0.25) is 0 Å². The second-order valence-corrected chi connectivity index (χ2v) is 11.3. The summed E-state index contributed by atoms with van der Waals surface area (Å²) in [6.45, 7) is 10.4. The fourth-order valence-electron chi connectivity index (χ4n) is 6.01. The number of rotatable bonds is 5. The third kappa shape index (κ3) is 3.61. The van der Waals surface area contributed by atoms with E-state index in [1.807, 2.05) is 38.1 Å². The first kappa shape index (κ1) is 22.5. The Morgan fingerprint density at radius 1 is 1.11 bits per heavy atom. The number of aromatic nitrogens is 1. The molecule has 1 aromatic heterocycles. The highest BCUT2D eigenvalue weighted by Gasteiger charge is 2.41. The molecule has 2 aromatic carbocycles. The summed E-state index contributed by atoms with van der Waals surface area (Å²) in [4.78, 5) is 19.9. The molecule has 3 aromatic rings. The predicted octanol–water partition coefficient (Wildman–Crippen LogP) is 5.41. The van der Waals surface area contributed by atoms with E-state index in [0.29, 0.717) is 17.0 Å². The first-order valence-corrected chi connectivity index (χ1v) is 12.9. The number of nitrogen functional groups attached to an aromatic ring is 1. The zero-order valence-corrected chi connectivity index (χ0v) is 21.1. The van der Waals surface area contributed by atoms with Crippen LogP contribution in [0.1, 0.15) is 80.6 Å². The summed E-state index contributed by atoms with van der Waals surface area (Å²) in [7, 11) is 0. The standard InChI is InChI=1S/C29H35N3O3/c1-16(2)34-24-13-21-22(14-25(24)35-19-10-11-32(15-19)18-6-5-7-18)29(3,4)28-26(27(21)33)20-9-8-17(30)12-23(20)31-28/h8-9,12-14,16,18-19,31H,5-7,10-11,15,30H2,1-4H3/t19-/m1/s1. The number of H-pyrrole nitrogens is 1. The van der Waals surface area contributed by atoms with Crippen LogP contribution in [-0.2, 0) is 5.41 Å². The molecule has 3 aliphatic rings. The lowest BCUT2D eigenvalue weighted by Gasteiger charge is -2.35. The van der Waals surface area contributed by atoms with Crippen LogP contribution in [0.2, 0.25) is 0 Å². The van der Waals surface area contributed by atoms with E-state index in [-0.39, 0.29) is 18.0 Å². The largest absolute Gasteiger partial charge is 0.487 e. The Labute approximate surface area is 206 Å². The van der Waals surface area contributed by atoms with Crippen LogP contribution in [0.25, 0.3) is 10.9 Å². The zero-order valence-electron chi connectivity index (χ0n) is 21.1. The van der Waals surface area contributed by atoms with Gasteiger partial charge in [0.1, 0.15) is 6.10 Å². The molecule has 3 N–H and O–H groups in total. The summed E-state index contributed by atoms with van der Waals surface area (Å²) in [6.07, 6.45) is 5.09. The van der Waals surface area contributed by atoms with Crippen molar-refractivity contribution in [3.05, 3.63) is 52.7 Å². The van der Waals surface area contributed by atoms with Crippen molar-refractivity contribution >= 4 is 22.4 Å². The molecule has 6 rings (SSSR count). The maximum Gasteiger partial charge on any atom is 0.195 e. The molecule has 2 heterocycles. The lowest BCUT2D eigenvalue weighted by Crippen LogP contribution is -2.39. The molecule has 6 nitrogen and oxygen atoms in total. The number of nitrogens with one attached hydrogen (secondary N) is 1. The number of hydrogen-bond donors (Lipinski definition) is 2. The smallest absolute Gasteiger partial charge is 0.195 e. The van der Waals surface area contributed by atoms with Crippen molar-refractivity contribution < 1.29 is 14.3 Å². The van der Waals surface area contributed by atoms with Crippen molar-refractivity contribution in [3.63, 3.8) is 0 Å². The van der Waals surface area contributed by atoms with Crippen LogP contribution >= 0.6 is 0 Å². The SMILES string of the molecule is CC(C)Oc1cc2c(cc1O[C@@H]1CCN(C3CCC3)C1)C(C)(C)c1[nH]c3cc(N)ccc3c1C2=O. The minimum atomic E-state index is -0.408. The first-order chi connectivity index (χ1) is 16.7. The Morgan fingerprint density at radius 2 is 1.91 bits per heavy atom. The predicted molar refractivity (Wildman–Crippen MR) is 139 cm³/mol. The molecule has 1 saturated heterocycles. The quantitative estimate of drug-likeness (QED) is 0.484. The lowest BCUT2D eigenvalue weighted by atomic mass is 9.71. The number of carbonyl (C=O) groups excluding carboxylic acids is 1.